The molecule has 0 spiro atoms. The molecule has 0 aliphatic heterocycles. The van der Waals surface area contributed by atoms with Crippen LogP contribution in [0.2, 0.25) is 5.02 Å². The first kappa shape index (κ1) is 24.4. The van der Waals surface area contributed by atoms with Crippen molar-refractivity contribution in [2.75, 3.05) is 13.6 Å². The average molecular weight is 528 g/mol. The van der Waals surface area contributed by atoms with Crippen LogP contribution < -0.4 is 15.4 Å². The van der Waals surface area contributed by atoms with Crippen molar-refractivity contribution in [3.05, 3.63) is 45.7 Å². The van der Waals surface area contributed by atoms with Crippen molar-refractivity contribution in [2.24, 2.45) is 12.0 Å². The second-order valence-electron chi connectivity index (χ2n) is 6.01. The van der Waals surface area contributed by atoms with Crippen LogP contribution in [0, 0.1) is 13.8 Å². The molecule has 2 N–H and O–H groups in total. The lowest BCUT2D eigenvalue weighted by atomic mass is 10.1. The molecule has 0 atom stereocenters. The van der Waals surface area contributed by atoms with E-state index in [1.165, 1.54) is 17.7 Å². The summed E-state index contributed by atoms with van der Waals surface area (Å²) >= 11 is 5.96. The summed E-state index contributed by atoms with van der Waals surface area (Å²) in [5.41, 5.74) is 3.85. The molecule has 0 unspecified atom stereocenters. The van der Waals surface area contributed by atoms with Crippen LogP contribution >= 0.6 is 35.6 Å². The highest BCUT2D eigenvalue weighted by Crippen LogP contribution is 2.24. The minimum atomic E-state index is -2.90. The fraction of sp³-hybridized carbons (Fsp3) is 0.444. The zero-order valence-corrected chi connectivity index (χ0v) is 19.3. The molecule has 28 heavy (non-hydrogen) atoms. The third kappa shape index (κ3) is 6.77. The largest absolute Gasteiger partial charge is 0.434 e. The molecule has 2 rings (SSSR count). The van der Waals surface area contributed by atoms with E-state index < -0.39 is 6.61 Å². The normalized spacial score (nSPS) is 11.4. The van der Waals surface area contributed by atoms with E-state index in [4.69, 9.17) is 11.6 Å². The average Bonchev–Trinajstić information content (AvgIpc) is 2.85. The van der Waals surface area contributed by atoms with Crippen molar-refractivity contribution in [3.8, 4) is 5.75 Å². The summed E-state index contributed by atoms with van der Waals surface area (Å²) < 4.78 is 31.5. The second kappa shape index (κ2) is 11.4. The van der Waals surface area contributed by atoms with Crippen LogP contribution in [-0.4, -0.2) is 35.9 Å². The van der Waals surface area contributed by atoms with Gasteiger partial charge >= 0.3 is 6.61 Å². The number of halogens is 4. The van der Waals surface area contributed by atoms with Gasteiger partial charge in [0.1, 0.15) is 5.75 Å². The number of hydrogen-bond acceptors (Lipinski definition) is 3. The molecule has 6 nitrogen and oxygen atoms in total. The number of ether oxygens (including phenoxy) is 1. The van der Waals surface area contributed by atoms with E-state index >= 15 is 0 Å². The molecule has 0 aliphatic carbocycles. The van der Waals surface area contributed by atoms with Crippen LogP contribution in [0.3, 0.4) is 0 Å². The molecule has 0 amide bonds. The molecule has 0 radical (unpaired) electrons. The molecule has 0 fully saturated rings. The molecule has 1 heterocycles. The topological polar surface area (TPSA) is 63.5 Å². The quantitative estimate of drug-likeness (QED) is 0.327. The minimum Gasteiger partial charge on any atom is -0.434 e. The van der Waals surface area contributed by atoms with Gasteiger partial charge in [0.2, 0.25) is 0 Å². The number of hydrogen-bond donors (Lipinski definition) is 2. The van der Waals surface area contributed by atoms with Gasteiger partial charge in [-0.2, -0.15) is 13.9 Å². The summed E-state index contributed by atoms with van der Waals surface area (Å²) in [4.78, 5) is 4.15. The van der Waals surface area contributed by atoms with E-state index in [0.717, 1.165) is 17.8 Å². The summed E-state index contributed by atoms with van der Waals surface area (Å²) in [5, 5.41) is 11.1. The lowest BCUT2D eigenvalue weighted by Crippen LogP contribution is -2.38. The molecular weight excluding hydrogens is 503 g/mol. The van der Waals surface area contributed by atoms with Gasteiger partial charge in [-0.25, -0.2) is 0 Å². The lowest BCUT2D eigenvalue weighted by molar-refractivity contribution is -0.0504. The second-order valence-corrected chi connectivity index (χ2v) is 6.44. The third-order valence-corrected chi connectivity index (χ3v) is 4.47. The first-order chi connectivity index (χ1) is 12.8. The maximum absolute atomic E-state index is 12.5. The highest BCUT2D eigenvalue weighted by Gasteiger charge is 2.12. The summed E-state index contributed by atoms with van der Waals surface area (Å²) in [6, 6.07) is 4.52. The Hall–Kier alpha value is -1.62. The SMILES string of the molecule is CN=C(NCCc1c(C)nn(C)c1C)NCc1cc(Cl)ccc1OC(F)F.I. The lowest BCUT2D eigenvalue weighted by Gasteiger charge is -2.15. The summed E-state index contributed by atoms with van der Waals surface area (Å²) in [6.07, 6.45) is 0.795. The molecule has 1 aromatic carbocycles. The van der Waals surface area contributed by atoms with Crippen molar-refractivity contribution in [1.82, 2.24) is 20.4 Å². The van der Waals surface area contributed by atoms with E-state index in [2.05, 4.69) is 25.5 Å². The molecular formula is C18H25ClF2IN5O. The number of aryl methyl sites for hydroxylation is 2. The number of aliphatic imine (C=N–C) groups is 1. The van der Waals surface area contributed by atoms with Gasteiger partial charge in [0.15, 0.2) is 5.96 Å². The number of aromatic nitrogens is 2. The summed E-state index contributed by atoms with van der Waals surface area (Å²) in [7, 11) is 3.56. The van der Waals surface area contributed by atoms with Gasteiger partial charge in [-0.15, -0.1) is 24.0 Å². The van der Waals surface area contributed by atoms with Crippen LogP contribution in [0.15, 0.2) is 23.2 Å². The number of nitrogens with one attached hydrogen (secondary N) is 2. The van der Waals surface area contributed by atoms with Gasteiger partial charge in [0.05, 0.1) is 5.69 Å². The van der Waals surface area contributed by atoms with E-state index in [1.54, 1.807) is 13.1 Å². The highest BCUT2D eigenvalue weighted by atomic mass is 127. The van der Waals surface area contributed by atoms with Crippen LogP contribution in [0.25, 0.3) is 0 Å². The number of benzene rings is 1. The van der Waals surface area contributed by atoms with E-state index in [9.17, 15) is 8.78 Å². The van der Waals surface area contributed by atoms with Gasteiger partial charge in [0.25, 0.3) is 0 Å². The Morgan fingerprint density at radius 1 is 1.32 bits per heavy atom. The molecule has 0 saturated heterocycles. The van der Waals surface area contributed by atoms with Crippen molar-refractivity contribution in [3.63, 3.8) is 0 Å². The van der Waals surface area contributed by atoms with E-state index in [0.29, 0.717) is 23.1 Å². The van der Waals surface area contributed by atoms with Gasteiger partial charge in [0, 0.05) is 43.5 Å². The molecule has 10 heteroatoms. The molecule has 0 aliphatic rings. The standard InChI is InChI=1S/C18H24ClF2N5O.HI/c1-11-15(12(2)26(4)25-11)7-8-23-18(22-3)24-10-13-9-14(19)5-6-16(13)27-17(20)21;/h5-6,9,17H,7-8,10H2,1-4H3,(H2,22,23,24);1H. The molecule has 0 bridgehead atoms. The Morgan fingerprint density at radius 3 is 2.61 bits per heavy atom. The third-order valence-electron chi connectivity index (χ3n) is 4.23. The monoisotopic (exact) mass is 527 g/mol. The number of nitrogens with zero attached hydrogens (tertiary/aromatic N) is 3. The Bertz CT molecular complexity index is 814. The van der Waals surface area contributed by atoms with Crippen LogP contribution in [0.5, 0.6) is 5.75 Å². The predicted octanol–water partition coefficient (Wildman–Crippen LogP) is 3.82. The van der Waals surface area contributed by atoms with Crippen molar-refractivity contribution < 1.29 is 13.5 Å². The molecule has 2 aromatic rings. The fourth-order valence-electron chi connectivity index (χ4n) is 2.78. The van der Waals surface area contributed by atoms with E-state index in [-0.39, 0.29) is 36.3 Å². The summed E-state index contributed by atoms with van der Waals surface area (Å²) in [5.74, 6) is 0.635. The number of rotatable bonds is 7. The Balaban J connectivity index is 0.00000392. The minimum absolute atomic E-state index is 0. The zero-order chi connectivity index (χ0) is 20.0. The van der Waals surface area contributed by atoms with Crippen molar-refractivity contribution in [1.29, 1.82) is 0 Å². The molecule has 1 aromatic heterocycles. The number of guanidine groups is 1. The van der Waals surface area contributed by atoms with Gasteiger partial charge in [-0.1, -0.05) is 11.6 Å². The Morgan fingerprint density at radius 2 is 2.04 bits per heavy atom. The Kier molecular flexibility index (Phi) is 9.94. The Labute approximate surface area is 185 Å². The maximum atomic E-state index is 12.5. The van der Waals surface area contributed by atoms with Gasteiger partial charge < -0.3 is 15.4 Å². The highest BCUT2D eigenvalue weighted by molar-refractivity contribution is 14.0. The zero-order valence-electron chi connectivity index (χ0n) is 16.2. The van der Waals surface area contributed by atoms with Crippen LogP contribution in [0.4, 0.5) is 8.78 Å². The smallest absolute Gasteiger partial charge is 0.387 e. The molecule has 0 saturated carbocycles. The van der Waals surface area contributed by atoms with Crippen LogP contribution in [0.1, 0.15) is 22.5 Å². The molecule has 156 valence electrons. The van der Waals surface area contributed by atoms with Crippen molar-refractivity contribution in [2.45, 2.75) is 33.4 Å². The van der Waals surface area contributed by atoms with Gasteiger partial charge in [-0.3, -0.25) is 9.67 Å². The maximum Gasteiger partial charge on any atom is 0.387 e. The first-order valence-electron chi connectivity index (χ1n) is 8.48. The first-order valence-corrected chi connectivity index (χ1v) is 8.86. The van der Waals surface area contributed by atoms with Crippen LogP contribution in [-0.2, 0) is 20.0 Å². The number of alkyl halides is 2. The summed E-state index contributed by atoms with van der Waals surface area (Å²) in [6.45, 7) is 2.02. The van der Waals surface area contributed by atoms with Crippen molar-refractivity contribution >= 4 is 41.5 Å². The fourth-order valence-corrected chi connectivity index (χ4v) is 2.98. The van der Waals surface area contributed by atoms with E-state index in [1.807, 2.05) is 25.6 Å². The van der Waals surface area contributed by atoms with Gasteiger partial charge in [-0.05, 0) is 44.0 Å². The predicted molar refractivity (Wildman–Crippen MR) is 118 cm³/mol.